The summed E-state index contributed by atoms with van der Waals surface area (Å²) < 4.78 is 28.9. The van der Waals surface area contributed by atoms with Crippen LogP contribution in [0, 0.1) is 6.92 Å². The van der Waals surface area contributed by atoms with Crippen molar-refractivity contribution in [3.05, 3.63) is 92.9 Å². The molecule has 0 heterocycles. The molecule has 0 aliphatic carbocycles. The first kappa shape index (κ1) is 32.7. The van der Waals surface area contributed by atoms with Crippen molar-refractivity contribution >= 4 is 62.3 Å². The molecule has 2 unspecified atom stereocenters. The number of hydrogen-bond donors (Lipinski definition) is 1. The minimum atomic E-state index is -4.27. The van der Waals surface area contributed by atoms with Crippen LogP contribution in [0.25, 0.3) is 0 Å². The fraction of sp³-hybridized carbons (Fsp3) is 0.333. The van der Waals surface area contributed by atoms with Crippen LogP contribution >= 0.6 is 34.8 Å². The fourth-order valence-corrected chi connectivity index (χ4v) is 6.16. The van der Waals surface area contributed by atoms with E-state index in [0.717, 1.165) is 15.4 Å². The van der Waals surface area contributed by atoms with Crippen LogP contribution in [0.3, 0.4) is 0 Å². The van der Waals surface area contributed by atoms with Crippen molar-refractivity contribution in [2.75, 3.05) is 10.8 Å². The van der Waals surface area contributed by atoms with Gasteiger partial charge in [0.15, 0.2) is 0 Å². The Morgan fingerprint density at radius 3 is 2.07 bits per heavy atom. The van der Waals surface area contributed by atoms with E-state index in [9.17, 15) is 18.0 Å². The first-order valence-corrected chi connectivity index (χ1v) is 15.8. The largest absolute Gasteiger partial charge is 0.352 e. The molecule has 2 amide bonds. The SMILES string of the molecule is CCC(C)NC(=O)C(CC)N(Cc1ccc(Cl)cc1)C(=O)CN(c1cc(Cl)ccc1Cl)S(=O)(=O)c1ccc(C)cc1. The number of aryl methyl sites for hydroxylation is 1. The summed E-state index contributed by atoms with van der Waals surface area (Å²) in [6, 6.07) is 16.6. The standard InChI is InChI=1S/C30H34Cl3N3O4S/c1-5-21(4)34-30(38)27(6-2)35(18-22-9-11-23(31)12-10-22)29(37)19-36(28-17-24(32)13-16-26(28)33)41(39,40)25-14-7-20(3)8-15-25/h7-17,21,27H,5-6,18-19H2,1-4H3,(H,34,38). The van der Waals surface area contributed by atoms with Crippen LogP contribution in [-0.4, -0.2) is 43.8 Å². The lowest BCUT2D eigenvalue weighted by Crippen LogP contribution is -2.53. The van der Waals surface area contributed by atoms with Gasteiger partial charge < -0.3 is 10.2 Å². The third-order valence-electron chi connectivity index (χ3n) is 6.72. The molecule has 1 N–H and O–H groups in total. The molecule has 0 saturated carbocycles. The van der Waals surface area contributed by atoms with E-state index in [0.29, 0.717) is 17.9 Å². The zero-order valence-corrected chi connectivity index (χ0v) is 26.5. The van der Waals surface area contributed by atoms with Crippen LogP contribution in [0.15, 0.2) is 71.6 Å². The molecule has 2 atom stereocenters. The number of hydrogen-bond acceptors (Lipinski definition) is 4. The summed E-state index contributed by atoms with van der Waals surface area (Å²) in [5.74, 6) is -0.907. The third-order valence-corrected chi connectivity index (χ3v) is 9.30. The van der Waals surface area contributed by atoms with Gasteiger partial charge in [0.25, 0.3) is 10.0 Å². The summed E-state index contributed by atoms with van der Waals surface area (Å²) >= 11 is 18.8. The first-order valence-electron chi connectivity index (χ1n) is 13.3. The van der Waals surface area contributed by atoms with Gasteiger partial charge in [-0.3, -0.25) is 13.9 Å². The number of sulfonamides is 1. The number of nitrogens with zero attached hydrogens (tertiary/aromatic N) is 2. The molecule has 3 aromatic rings. The summed E-state index contributed by atoms with van der Waals surface area (Å²) in [6.07, 6.45) is 1.02. The fourth-order valence-electron chi connectivity index (χ4n) is 4.17. The van der Waals surface area contributed by atoms with Gasteiger partial charge in [0.05, 0.1) is 15.6 Å². The molecule has 0 aliphatic rings. The smallest absolute Gasteiger partial charge is 0.264 e. The topological polar surface area (TPSA) is 86.8 Å². The van der Waals surface area contributed by atoms with Crippen molar-refractivity contribution in [1.82, 2.24) is 10.2 Å². The summed E-state index contributed by atoms with van der Waals surface area (Å²) in [7, 11) is -4.27. The highest BCUT2D eigenvalue weighted by Crippen LogP contribution is 2.33. The molecule has 0 aromatic heterocycles. The van der Waals surface area contributed by atoms with Gasteiger partial charge in [-0.05, 0) is 74.7 Å². The van der Waals surface area contributed by atoms with E-state index < -0.39 is 28.5 Å². The minimum absolute atomic E-state index is 0.0160. The van der Waals surface area contributed by atoms with Crippen molar-refractivity contribution in [1.29, 1.82) is 0 Å². The molecule has 0 radical (unpaired) electrons. The second kappa shape index (κ2) is 14.4. The predicted octanol–water partition coefficient (Wildman–Crippen LogP) is 6.87. The van der Waals surface area contributed by atoms with Crippen LogP contribution in [0.1, 0.15) is 44.7 Å². The summed E-state index contributed by atoms with van der Waals surface area (Å²) in [5, 5.41) is 3.83. The van der Waals surface area contributed by atoms with Gasteiger partial charge in [0.2, 0.25) is 11.8 Å². The van der Waals surface area contributed by atoms with E-state index in [-0.39, 0.29) is 39.1 Å². The van der Waals surface area contributed by atoms with Gasteiger partial charge in [-0.15, -0.1) is 0 Å². The van der Waals surface area contributed by atoms with E-state index in [4.69, 9.17) is 34.8 Å². The highest BCUT2D eigenvalue weighted by Gasteiger charge is 2.34. The van der Waals surface area contributed by atoms with Crippen LogP contribution in [0.2, 0.25) is 15.1 Å². The Balaban J connectivity index is 2.10. The first-order chi connectivity index (χ1) is 19.4. The molecule has 11 heteroatoms. The van der Waals surface area contributed by atoms with Crippen molar-refractivity contribution in [3.8, 4) is 0 Å². The number of anilines is 1. The zero-order chi connectivity index (χ0) is 30.3. The lowest BCUT2D eigenvalue weighted by molar-refractivity contribution is -0.140. The Kier molecular flexibility index (Phi) is 11.5. The van der Waals surface area contributed by atoms with Gasteiger partial charge in [-0.2, -0.15) is 0 Å². The molecule has 3 rings (SSSR count). The Morgan fingerprint density at radius 2 is 1.49 bits per heavy atom. The van der Waals surface area contributed by atoms with Crippen LogP contribution in [0.4, 0.5) is 5.69 Å². The summed E-state index contributed by atoms with van der Waals surface area (Å²) in [6.45, 7) is 6.92. The highest BCUT2D eigenvalue weighted by atomic mass is 35.5. The third kappa shape index (κ3) is 8.38. The molecule has 0 saturated heterocycles. The highest BCUT2D eigenvalue weighted by molar-refractivity contribution is 7.92. The van der Waals surface area contributed by atoms with E-state index in [2.05, 4.69) is 5.32 Å². The van der Waals surface area contributed by atoms with Crippen molar-refractivity contribution in [3.63, 3.8) is 0 Å². The molecule has 0 fully saturated rings. The van der Waals surface area contributed by atoms with Gasteiger partial charge in [-0.1, -0.05) is 78.5 Å². The second-order valence-electron chi connectivity index (χ2n) is 9.81. The van der Waals surface area contributed by atoms with Crippen molar-refractivity contribution in [2.24, 2.45) is 0 Å². The Labute approximate surface area is 257 Å². The molecule has 0 aliphatic heterocycles. The monoisotopic (exact) mass is 637 g/mol. The normalized spacial score (nSPS) is 12.9. The van der Waals surface area contributed by atoms with Gasteiger partial charge >= 0.3 is 0 Å². The second-order valence-corrected chi connectivity index (χ2v) is 13.0. The molecule has 0 spiro atoms. The van der Waals surface area contributed by atoms with Crippen LogP contribution < -0.4 is 9.62 Å². The number of rotatable bonds is 12. The van der Waals surface area contributed by atoms with Crippen LogP contribution in [0.5, 0.6) is 0 Å². The van der Waals surface area contributed by atoms with Crippen LogP contribution in [-0.2, 0) is 26.2 Å². The maximum atomic E-state index is 14.1. The number of amides is 2. The van der Waals surface area contributed by atoms with E-state index in [1.807, 2.05) is 20.8 Å². The molecule has 220 valence electrons. The summed E-state index contributed by atoms with van der Waals surface area (Å²) in [4.78, 5) is 28.9. The predicted molar refractivity (Wildman–Crippen MR) is 166 cm³/mol. The summed E-state index contributed by atoms with van der Waals surface area (Å²) in [5.41, 5.74) is 1.66. The molecular formula is C30H34Cl3N3O4S. The Bertz CT molecular complexity index is 1470. The van der Waals surface area contributed by atoms with E-state index >= 15 is 0 Å². The Hall–Kier alpha value is -2.78. The molecule has 7 nitrogen and oxygen atoms in total. The number of nitrogens with one attached hydrogen (secondary N) is 1. The zero-order valence-electron chi connectivity index (χ0n) is 23.4. The minimum Gasteiger partial charge on any atom is -0.352 e. The quantitative estimate of drug-likeness (QED) is 0.235. The molecule has 0 bridgehead atoms. The molecule has 3 aromatic carbocycles. The number of carbonyl (C=O) groups is 2. The maximum absolute atomic E-state index is 14.1. The molecule has 41 heavy (non-hydrogen) atoms. The molecular weight excluding hydrogens is 605 g/mol. The average molecular weight is 639 g/mol. The van der Waals surface area contributed by atoms with Crippen molar-refractivity contribution in [2.45, 2.75) is 64.1 Å². The van der Waals surface area contributed by atoms with Gasteiger partial charge in [0.1, 0.15) is 12.6 Å². The lowest BCUT2D eigenvalue weighted by Gasteiger charge is -2.34. The van der Waals surface area contributed by atoms with Gasteiger partial charge in [0, 0.05) is 22.6 Å². The maximum Gasteiger partial charge on any atom is 0.264 e. The van der Waals surface area contributed by atoms with E-state index in [1.54, 1.807) is 43.3 Å². The van der Waals surface area contributed by atoms with E-state index in [1.165, 1.54) is 35.2 Å². The number of halogens is 3. The lowest BCUT2D eigenvalue weighted by atomic mass is 10.1. The van der Waals surface area contributed by atoms with Gasteiger partial charge in [-0.25, -0.2) is 8.42 Å². The number of benzene rings is 3. The number of carbonyl (C=O) groups excluding carboxylic acids is 2. The van der Waals surface area contributed by atoms with Crippen molar-refractivity contribution < 1.29 is 18.0 Å². The Morgan fingerprint density at radius 1 is 0.878 bits per heavy atom. The average Bonchev–Trinajstić information content (AvgIpc) is 2.94.